The Kier molecular flexibility index (Phi) is 3.91. The Morgan fingerprint density at radius 2 is 2.26 bits per heavy atom. The van der Waals surface area contributed by atoms with E-state index < -0.39 is 0 Å². The van der Waals surface area contributed by atoms with E-state index in [4.69, 9.17) is 11.6 Å². The van der Waals surface area contributed by atoms with Gasteiger partial charge in [-0.05, 0) is 44.2 Å². The highest BCUT2D eigenvalue weighted by atomic mass is 35.5. The first kappa shape index (κ1) is 13.9. The lowest BCUT2D eigenvalue weighted by Crippen LogP contribution is -2.62. The van der Waals surface area contributed by atoms with Crippen LogP contribution >= 0.6 is 22.9 Å². The van der Waals surface area contributed by atoms with Crippen LogP contribution in [0.3, 0.4) is 0 Å². The normalized spacial score (nSPS) is 32.7. The highest BCUT2D eigenvalue weighted by molar-refractivity contribution is 7.16. The fourth-order valence-corrected chi connectivity index (χ4v) is 4.21. The molecular formula is C15H23ClN2S. The van der Waals surface area contributed by atoms with Crippen molar-refractivity contribution in [1.82, 2.24) is 10.2 Å². The van der Waals surface area contributed by atoms with Gasteiger partial charge in [-0.25, -0.2) is 0 Å². The number of piperazine rings is 1. The Morgan fingerprint density at radius 3 is 2.84 bits per heavy atom. The fourth-order valence-electron chi connectivity index (χ4n) is 3.09. The molecule has 1 aliphatic heterocycles. The molecule has 2 atom stereocenters. The fraction of sp³-hybridized carbons (Fsp3) is 0.733. The molecule has 1 saturated carbocycles. The van der Waals surface area contributed by atoms with Crippen LogP contribution in [0.2, 0.25) is 4.34 Å². The van der Waals surface area contributed by atoms with Gasteiger partial charge in [0.1, 0.15) is 0 Å². The monoisotopic (exact) mass is 298 g/mol. The van der Waals surface area contributed by atoms with E-state index in [0.29, 0.717) is 0 Å². The quantitative estimate of drug-likeness (QED) is 0.910. The van der Waals surface area contributed by atoms with E-state index in [1.807, 2.05) is 6.07 Å². The zero-order chi connectivity index (χ0) is 13.5. The zero-order valence-corrected chi connectivity index (χ0v) is 13.4. The molecule has 2 aliphatic rings. The van der Waals surface area contributed by atoms with Crippen molar-refractivity contribution < 1.29 is 0 Å². The van der Waals surface area contributed by atoms with Gasteiger partial charge in [0.05, 0.1) is 4.34 Å². The van der Waals surface area contributed by atoms with Crippen molar-refractivity contribution in [2.75, 3.05) is 13.1 Å². The lowest BCUT2D eigenvalue weighted by atomic mass is 9.92. The number of rotatable bonds is 4. The van der Waals surface area contributed by atoms with Gasteiger partial charge in [-0.3, -0.25) is 4.90 Å². The molecule has 1 aliphatic carbocycles. The molecule has 1 aromatic heterocycles. The molecule has 2 nitrogen and oxygen atoms in total. The van der Waals surface area contributed by atoms with Crippen molar-refractivity contribution in [2.45, 2.75) is 51.2 Å². The van der Waals surface area contributed by atoms with E-state index in [1.54, 1.807) is 11.3 Å². The van der Waals surface area contributed by atoms with Crippen molar-refractivity contribution in [3.8, 4) is 0 Å². The molecule has 0 radical (unpaired) electrons. The van der Waals surface area contributed by atoms with Crippen LogP contribution in [0, 0.1) is 5.92 Å². The average molecular weight is 299 g/mol. The standard InChI is InChI=1S/C15H23ClN2S/c1-3-15(2)10-18(9-12-6-7-14(16)19-12)13(8-17-15)11-4-5-11/h6-7,11,13,17H,3-5,8-10H2,1-2H3. The van der Waals surface area contributed by atoms with Crippen molar-refractivity contribution in [1.29, 1.82) is 0 Å². The third-order valence-electron chi connectivity index (χ3n) is 4.69. The van der Waals surface area contributed by atoms with Crippen LogP contribution in [-0.2, 0) is 6.54 Å². The Labute approximate surface area is 125 Å². The molecular weight excluding hydrogens is 276 g/mol. The number of hydrogen-bond donors (Lipinski definition) is 1. The van der Waals surface area contributed by atoms with Crippen LogP contribution in [0.5, 0.6) is 0 Å². The summed E-state index contributed by atoms with van der Waals surface area (Å²) in [6, 6.07) is 4.93. The highest BCUT2D eigenvalue weighted by Gasteiger charge is 2.41. The highest BCUT2D eigenvalue weighted by Crippen LogP contribution is 2.38. The van der Waals surface area contributed by atoms with Crippen LogP contribution in [0.15, 0.2) is 12.1 Å². The van der Waals surface area contributed by atoms with Crippen LogP contribution in [0.4, 0.5) is 0 Å². The summed E-state index contributed by atoms with van der Waals surface area (Å²) in [6.45, 7) is 8.00. The van der Waals surface area contributed by atoms with Crippen molar-refractivity contribution in [3.05, 3.63) is 21.3 Å². The predicted molar refractivity (Wildman–Crippen MR) is 82.9 cm³/mol. The summed E-state index contributed by atoms with van der Waals surface area (Å²) in [5.41, 5.74) is 0.270. The Bertz CT molecular complexity index is 443. The first-order valence-electron chi connectivity index (χ1n) is 7.33. The molecule has 4 heteroatoms. The maximum Gasteiger partial charge on any atom is 0.0931 e. The van der Waals surface area contributed by atoms with Crippen molar-refractivity contribution >= 4 is 22.9 Å². The van der Waals surface area contributed by atoms with Gasteiger partial charge in [0, 0.05) is 36.1 Å². The second-order valence-electron chi connectivity index (χ2n) is 6.31. The summed E-state index contributed by atoms with van der Waals surface area (Å²) in [7, 11) is 0. The molecule has 1 N–H and O–H groups in total. The SMILES string of the molecule is CCC1(C)CN(Cc2ccc(Cl)s2)C(C2CC2)CN1. The molecule has 0 amide bonds. The van der Waals surface area contributed by atoms with Crippen LogP contribution < -0.4 is 5.32 Å². The van der Waals surface area contributed by atoms with Crippen molar-refractivity contribution in [3.63, 3.8) is 0 Å². The van der Waals surface area contributed by atoms with Crippen LogP contribution in [0.25, 0.3) is 0 Å². The first-order chi connectivity index (χ1) is 9.09. The summed E-state index contributed by atoms with van der Waals surface area (Å²) in [6.07, 6.45) is 4.01. The molecule has 1 aromatic rings. The van der Waals surface area contributed by atoms with Gasteiger partial charge >= 0.3 is 0 Å². The van der Waals surface area contributed by atoms with Gasteiger partial charge in [-0.2, -0.15) is 0 Å². The van der Waals surface area contributed by atoms with Gasteiger partial charge < -0.3 is 5.32 Å². The van der Waals surface area contributed by atoms with E-state index in [2.05, 4.69) is 30.1 Å². The molecule has 1 saturated heterocycles. The average Bonchev–Trinajstić information content (AvgIpc) is 3.14. The summed E-state index contributed by atoms with van der Waals surface area (Å²) in [5, 5.41) is 3.77. The molecule has 3 rings (SSSR count). The largest absolute Gasteiger partial charge is 0.309 e. The van der Waals surface area contributed by atoms with Gasteiger partial charge in [0.2, 0.25) is 0 Å². The number of hydrogen-bond acceptors (Lipinski definition) is 3. The summed E-state index contributed by atoms with van der Waals surface area (Å²) >= 11 is 7.79. The van der Waals surface area contributed by atoms with Crippen LogP contribution in [0.1, 0.15) is 38.0 Å². The van der Waals surface area contributed by atoms with Crippen LogP contribution in [-0.4, -0.2) is 29.6 Å². The molecule has 0 spiro atoms. The van der Waals surface area contributed by atoms with E-state index in [9.17, 15) is 0 Å². The summed E-state index contributed by atoms with van der Waals surface area (Å²) < 4.78 is 0.909. The molecule has 106 valence electrons. The molecule has 0 aromatic carbocycles. The predicted octanol–water partition coefficient (Wildman–Crippen LogP) is 3.75. The zero-order valence-electron chi connectivity index (χ0n) is 11.8. The smallest absolute Gasteiger partial charge is 0.0931 e. The first-order valence-corrected chi connectivity index (χ1v) is 8.52. The minimum atomic E-state index is 0.270. The van der Waals surface area contributed by atoms with Gasteiger partial charge in [-0.1, -0.05) is 18.5 Å². The summed E-state index contributed by atoms with van der Waals surface area (Å²) in [4.78, 5) is 4.09. The maximum absolute atomic E-state index is 6.06. The summed E-state index contributed by atoms with van der Waals surface area (Å²) in [5.74, 6) is 0.921. The van der Waals surface area contributed by atoms with Gasteiger partial charge in [0.25, 0.3) is 0 Å². The van der Waals surface area contributed by atoms with Crippen molar-refractivity contribution in [2.24, 2.45) is 5.92 Å². The molecule has 2 fully saturated rings. The Hall–Kier alpha value is -0.0900. The second kappa shape index (κ2) is 5.36. The minimum absolute atomic E-state index is 0.270. The van der Waals surface area contributed by atoms with E-state index in [-0.39, 0.29) is 5.54 Å². The lowest BCUT2D eigenvalue weighted by molar-refractivity contribution is 0.0671. The lowest BCUT2D eigenvalue weighted by Gasteiger charge is -2.46. The Balaban J connectivity index is 1.73. The number of nitrogens with zero attached hydrogens (tertiary/aromatic N) is 1. The van der Waals surface area contributed by atoms with Gasteiger partial charge in [0.15, 0.2) is 0 Å². The Morgan fingerprint density at radius 1 is 1.47 bits per heavy atom. The number of thiophene rings is 1. The second-order valence-corrected chi connectivity index (χ2v) is 8.11. The molecule has 19 heavy (non-hydrogen) atoms. The third-order valence-corrected chi connectivity index (χ3v) is 5.91. The molecule has 0 bridgehead atoms. The van der Waals surface area contributed by atoms with E-state index in [0.717, 1.165) is 35.9 Å². The number of nitrogens with one attached hydrogen (secondary N) is 1. The maximum atomic E-state index is 6.06. The topological polar surface area (TPSA) is 15.3 Å². The molecule has 2 heterocycles. The van der Waals surface area contributed by atoms with Gasteiger partial charge in [-0.15, -0.1) is 11.3 Å². The number of halogens is 1. The third kappa shape index (κ3) is 3.15. The van der Waals surface area contributed by atoms with E-state index in [1.165, 1.54) is 24.1 Å². The minimum Gasteiger partial charge on any atom is -0.309 e. The van der Waals surface area contributed by atoms with E-state index >= 15 is 0 Å². The molecule has 2 unspecified atom stereocenters.